The fourth-order valence-electron chi connectivity index (χ4n) is 1.98. The summed E-state index contributed by atoms with van der Waals surface area (Å²) in [6, 6.07) is 14.2. The van der Waals surface area contributed by atoms with Crippen LogP contribution in [0.5, 0.6) is 17.2 Å². The highest BCUT2D eigenvalue weighted by atomic mass is 35.5. The van der Waals surface area contributed by atoms with Gasteiger partial charge in [0.1, 0.15) is 23.9 Å². The summed E-state index contributed by atoms with van der Waals surface area (Å²) in [5.74, 6) is 1.74. The first-order valence-corrected chi connectivity index (χ1v) is 7.93. The molecule has 2 aromatic rings. The topological polar surface area (TPSA) is 56.8 Å². The van der Waals surface area contributed by atoms with Gasteiger partial charge in [0, 0.05) is 11.1 Å². The maximum Gasteiger partial charge on any atom is 0.260 e. The summed E-state index contributed by atoms with van der Waals surface area (Å²) in [5, 5.41) is 3.32. The molecular formula is C18H20ClNO4. The highest BCUT2D eigenvalue weighted by Gasteiger charge is 2.14. The molecule has 0 aliphatic heterocycles. The first-order valence-electron chi connectivity index (χ1n) is 7.55. The van der Waals surface area contributed by atoms with Crippen molar-refractivity contribution in [3.8, 4) is 17.2 Å². The van der Waals surface area contributed by atoms with E-state index in [1.807, 2.05) is 18.2 Å². The number of carbonyl (C=O) groups excluding carboxylic acids is 1. The lowest BCUT2D eigenvalue weighted by molar-refractivity contribution is -0.127. The van der Waals surface area contributed by atoms with Crippen molar-refractivity contribution in [2.24, 2.45) is 0 Å². The van der Waals surface area contributed by atoms with Crippen LogP contribution in [0.3, 0.4) is 0 Å². The predicted molar refractivity (Wildman–Crippen MR) is 93.0 cm³/mol. The van der Waals surface area contributed by atoms with E-state index in [1.165, 1.54) is 0 Å². The zero-order valence-electron chi connectivity index (χ0n) is 13.6. The number of rotatable bonds is 8. The summed E-state index contributed by atoms with van der Waals surface area (Å²) in [6.07, 6.45) is -0.625. The van der Waals surface area contributed by atoms with Crippen LogP contribution >= 0.6 is 11.6 Å². The minimum atomic E-state index is -0.625. The zero-order chi connectivity index (χ0) is 17.4. The molecule has 24 heavy (non-hydrogen) atoms. The van der Waals surface area contributed by atoms with E-state index in [0.29, 0.717) is 29.7 Å². The van der Waals surface area contributed by atoms with Gasteiger partial charge in [-0.3, -0.25) is 4.79 Å². The number of nitrogens with one attached hydrogen (secondary N) is 1. The lowest BCUT2D eigenvalue weighted by atomic mass is 10.3. The molecule has 0 fully saturated rings. The molecule has 1 amide bonds. The highest BCUT2D eigenvalue weighted by Crippen LogP contribution is 2.19. The molecule has 0 radical (unpaired) electrons. The molecule has 128 valence electrons. The molecular weight excluding hydrogens is 330 g/mol. The van der Waals surface area contributed by atoms with Crippen LogP contribution < -0.4 is 19.5 Å². The van der Waals surface area contributed by atoms with Crippen molar-refractivity contribution in [2.45, 2.75) is 13.0 Å². The van der Waals surface area contributed by atoms with Gasteiger partial charge in [0.2, 0.25) is 0 Å². The molecule has 2 rings (SSSR count). The van der Waals surface area contributed by atoms with Crippen molar-refractivity contribution >= 4 is 17.5 Å². The molecule has 0 heterocycles. The second-order valence-corrected chi connectivity index (χ2v) is 5.47. The molecule has 0 unspecified atom stereocenters. The van der Waals surface area contributed by atoms with Crippen LogP contribution in [-0.4, -0.2) is 32.3 Å². The van der Waals surface area contributed by atoms with Crippen LogP contribution in [0, 0.1) is 0 Å². The van der Waals surface area contributed by atoms with Gasteiger partial charge in [-0.05, 0) is 37.3 Å². The van der Waals surface area contributed by atoms with E-state index >= 15 is 0 Å². The molecule has 0 saturated heterocycles. The summed E-state index contributed by atoms with van der Waals surface area (Å²) in [6.45, 7) is 2.40. The first kappa shape index (κ1) is 17.9. The van der Waals surface area contributed by atoms with Gasteiger partial charge in [-0.25, -0.2) is 0 Å². The van der Waals surface area contributed by atoms with E-state index in [-0.39, 0.29) is 5.91 Å². The van der Waals surface area contributed by atoms with Crippen LogP contribution in [0.25, 0.3) is 0 Å². The number of methoxy groups -OCH3 is 1. The first-order chi connectivity index (χ1) is 11.6. The second kappa shape index (κ2) is 9.03. The second-order valence-electron chi connectivity index (χ2n) is 5.04. The molecule has 0 saturated carbocycles. The smallest absolute Gasteiger partial charge is 0.260 e. The number of ether oxygens (including phenoxy) is 3. The van der Waals surface area contributed by atoms with Crippen molar-refractivity contribution in [3.05, 3.63) is 53.6 Å². The van der Waals surface area contributed by atoms with Gasteiger partial charge in [-0.2, -0.15) is 0 Å². The highest BCUT2D eigenvalue weighted by molar-refractivity contribution is 6.30. The Hall–Kier alpha value is -2.40. The van der Waals surface area contributed by atoms with Gasteiger partial charge < -0.3 is 19.5 Å². The monoisotopic (exact) mass is 349 g/mol. The molecule has 2 aromatic carbocycles. The Kier molecular flexibility index (Phi) is 6.75. The molecule has 0 aliphatic rings. The van der Waals surface area contributed by atoms with Crippen LogP contribution in [0.1, 0.15) is 6.92 Å². The number of carbonyl (C=O) groups is 1. The number of benzene rings is 2. The molecule has 0 spiro atoms. The van der Waals surface area contributed by atoms with E-state index in [2.05, 4.69) is 5.32 Å². The Labute approximate surface area is 146 Å². The third kappa shape index (κ3) is 5.66. The molecule has 0 bridgehead atoms. The normalized spacial score (nSPS) is 11.5. The van der Waals surface area contributed by atoms with Gasteiger partial charge in [-0.1, -0.05) is 23.7 Å². The van der Waals surface area contributed by atoms with Crippen molar-refractivity contribution in [1.29, 1.82) is 0 Å². The molecule has 0 aromatic heterocycles. The maximum absolute atomic E-state index is 12.0. The van der Waals surface area contributed by atoms with E-state index in [0.717, 1.165) is 5.75 Å². The molecule has 6 heteroatoms. The minimum absolute atomic E-state index is 0.218. The minimum Gasteiger partial charge on any atom is -0.497 e. The van der Waals surface area contributed by atoms with Crippen molar-refractivity contribution in [2.75, 3.05) is 20.3 Å². The molecule has 1 N–H and O–H groups in total. The van der Waals surface area contributed by atoms with Crippen LogP contribution in [0.2, 0.25) is 5.02 Å². The fourth-order valence-corrected chi connectivity index (χ4v) is 2.16. The predicted octanol–water partition coefficient (Wildman–Crippen LogP) is 3.31. The Morgan fingerprint density at radius 2 is 1.83 bits per heavy atom. The Morgan fingerprint density at radius 3 is 2.58 bits per heavy atom. The largest absolute Gasteiger partial charge is 0.497 e. The van der Waals surface area contributed by atoms with Crippen molar-refractivity contribution in [1.82, 2.24) is 5.32 Å². The van der Waals surface area contributed by atoms with Gasteiger partial charge >= 0.3 is 0 Å². The number of halogens is 1. The molecule has 0 aliphatic carbocycles. The number of amides is 1. The summed E-state index contributed by atoms with van der Waals surface area (Å²) in [5.41, 5.74) is 0. The lowest BCUT2D eigenvalue weighted by Gasteiger charge is -2.15. The van der Waals surface area contributed by atoms with E-state index in [1.54, 1.807) is 44.4 Å². The zero-order valence-corrected chi connectivity index (χ0v) is 14.4. The number of hydrogen-bond acceptors (Lipinski definition) is 4. The maximum atomic E-state index is 12.0. The van der Waals surface area contributed by atoms with Crippen LogP contribution in [0.15, 0.2) is 48.5 Å². The Balaban J connectivity index is 1.72. The number of hydrogen-bond donors (Lipinski definition) is 1. The van der Waals surface area contributed by atoms with Crippen molar-refractivity contribution in [3.63, 3.8) is 0 Å². The third-order valence-corrected chi connectivity index (χ3v) is 3.42. The van der Waals surface area contributed by atoms with Gasteiger partial charge in [-0.15, -0.1) is 0 Å². The van der Waals surface area contributed by atoms with Gasteiger partial charge in [0.05, 0.1) is 13.7 Å². The van der Waals surface area contributed by atoms with Crippen LogP contribution in [0.4, 0.5) is 0 Å². The third-order valence-electron chi connectivity index (χ3n) is 3.19. The molecule has 5 nitrogen and oxygen atoms in total. The summed E-state index contributed by atoms with van der Waals surface area (Å²) in [4.78, 5) is 12.0. The summed E-state index contributed by atoms with van der Waals surface area (Å²) < 4.78 is 16.2. The standard InChI is InChI=1S/C18H20ClNO4/c1-13(24-17-8-3-5-14(19)11-17)18(21)20-9-10-23-16-7-4-6-15(12-16)22-2/h3-8,11-13H,9-10H2,1-2H3,(H,20,21)/t13-/m1/s1. The average Bonchev–Trinajstić information content (AvgIpc) is 2.58. The Morgan fingerprint density at radius 1 is 1.12 bits per heavy atom. The van der Waals surface area contributed by atoms with Crippen LogP contribution in [-0.2, 0) is 4.79 Å². The average molecular weight is 350 g/mol. The van der Waals surface area contributed by atoms with E-state index < -0.39 is 6.10 Å². The van der Waals surface area contributed by atoms with Gasteiger partial charge in [0.15, 0.2) is 6.10 Å². The van der Waals surface area contributed by atoms with Gasteiger partial charge in [0.25, 0.3) is 5.91 Å². The van der Waals surface area contributed by atoms with Crippen molar-refractivity contribution < 1.29 is 19.0 Å². The lowest BCUT2D eigenvalue weighted by Crippen LogP contribution is -2.38. The summed E-state index contributed by atoms with van der Waals surface area (Å²) in [7, 11) is 1.60. The fraction of sp³-hybridized carbons (Fsp3) is 0.278. The molecule has 1 atom stereocenters. The van der Waals surface area contributed by atoms with E-state index in [9.17, 15) is 4.79 Å². The Bertz CT molecular complexity index is 678. The SMILES string of the molecule is COc1cccc(OCCNC(=O)[C@@H](C)Oc2cccc(Cl)c2)c1. The summed E-state index contributed by atoms with van der Waals surface area (Å²) >= 11 is 5.88. The quantitative estimate of drug-likeness (QED) is 0.743. The van der Waals surface area contributed by atoms with E-state index in [4.69, 9.17) is 25.8 Å².